The van der Waals surface area contributed by atoms with Crippen LogP contribution in [0.5, 0.6) is 0 Å². The van der Waals surface area contributed by atoms with E-state index < -0.39 is 0 Å². The summed E-state index contributed by atoms with van der Waals surface area (Å²) in [5.74, 6) is -0.0300. The SMILES string of the molecule is CCCCNC(=O)N(CC(=O)N(Cc1ccccc1)Cc1sccc1C)[C@@H](C)CC. The van der Waals surface area contributed by atoms with Crippen molar-refractivity contribution in [1.29, 1.82) is 0 Å². The summed E-state index contributed by atoms with van der Waals surface area (Å²) in [6, 6.07) is 11.9. The fourth-order valence-electron chi connectivity index (χ4n) is 3.14. The number of nitrogens with zero attached hydrogens (tertiary/aromatic N) is 2. The number of thiophene rings is 1. The Kier molecular flexibility index (Phi) is 9.87. The summed E-state index contributed by atoms with van der Waals surface area (Å²) in [6.07, 6.45) is 2.76. The van der Waals surface area contributed by atoms with Gasteiger partial charge in [0.25, 0.3) is 0 Å². The second kappa shape index (κ2) is 12.4. The Hall–Kier alpha value is -2.34. The molecule has 0 spiro atoms. The summed E-state index contributed by atoms with van der Waals surface area (Å²) in [7, 11) is 0. The standard InChI is InChI=1S/C24H35N3O2S/c1-5-7-14-25-24(29)27(20(4)6-2)18-23(28)26(16-21-11-9-8-10-12-21)17-22-19(3)13-15-30-22/h8-13,15,20H,5-7,14,16-18H2,1-4H3,(H,25,29)/t20-/m0/s1. The van der Waals surface area contributed by atoms with Crippen LogP contribution in [0.15, 0.2) is 41.8 Å². The van der Waals surface area contributed by atoms with Crippen LogP contribution in [0.4, 0.5) is 4.79 Å². The Morgan fingerprint density at radius 3 is 2.43 bits per heavy atom. The zero-order valence-electron chi connectivity index (χ0n) is 18.7. The van der Waals surface area contributed by atoms with E-state index in [2.05, 4.69) is 30.6 Å². The number of carbonyl (C=O) groups excluding carboxylic acids is 2. The fraction of sp³-hybridized carbons (Fsp3) is 0.500. The number of hydrogen-bond donors (Lipinski definition) is 1. The van der Waals surface area contributed by atoms with Crippen molar-refractivity contribution < 1.29 is 9.59 Å². The number of amides is 3. The molecule has 0 bridgehead atoms. The quantitative estimate of drug-likeness (QED) is 0.500. The summed E-state index contributed by atoms with van der Waals surface area (Å²) >= 11 is 1.67. The van der Waals surface area contributed by atoms with Gasteiger partial charge >= 0.3 is 6.03 Å². The monoisotopic (exact) mass is 429 g/mol. The Morgan fingerprint density at radius 2 is 1.83 bits per heavy atom. The number of hydrogen-bond acceptors (Lipinski definition) is 3. The van der Waals surface area contributed by atoms with Gasteiger partial charge in [0, 0.05) is 24.0 Å². The minimum absolute atomic E-state index is 0.00220. The van der Waals surface area contributed by atoms with Gasteiger partial charge in [0.05, 0.1) is 6.54 Å². The predicted octanol–water partition coefficient (Wildman–Crippen LogP) is 5.20. The molecule has 3 amide bonds. The predicted molar refractivity (Wildman–Crippen MR) is 125 cm³/mol. The molecule has 1 heterocycles. The second-order valence-electron chi connectivity index (χ2n) is 7.73. The molecule has 0 aliphatic carbocycles. The molecule has 0 unspecified atom stereocenters. The van der Waals surface area contributed by atoms with Crippen molar-refractivity contribution in [1.82, 2.24) is 15.1 Å². The molecular formula is C24H35N3O2S. The molecule has 0 aliphatic rings. The van der Waals surface area contributed by atoms with Crippen LogP contribution in [0.3, 0.4) is 0 Å². The summed E-state index contributed by atoms with van der Waals surface area (Å²) < 4.78 is 0. The molecule has 1 aromatic carbocycles. The van der Waals surface area contributed by atoms with E-state index in [-0.39, 0.29) is 24.5 Å². The zero-order chi connectivity index (χ0) is 21.9. The third-order valence-electron chi connectivity index (χ3n) is 5.37. The Balaban J connectivity index is 2.16. The maximum absolute atomic E-state index is 13.4. The molecule has 1 N–H and O–H groups in total. The number of rotatable bonds is 11. The molecule has 1 atom stereocenters. The average Bonchev–Trinajstić information content (AvgIpc) is 3.16. The lowest BCUT2D eigenvalue weighted by Gasteiger charge is -2.31. The molecule has 164 valence electrons. The largest absolute Gasteiger partial charge is 0.338 e. The first-order valence-electron chi connectivity index (χ1n) is 10.8. The number of unbranched alkanes of at least 4 members (excludes halogenated alkanes) is 1. The van der Waals surface area contributed by atoms with Crippen LogP contribution < -0.4 is 5.32 Å². The lowest BCUT2D eigenvalue weighted by atomic mass is 10.2. The van der Waals surface area contributed by atoms with Crippen molar-refractivity contribution in [3.63, 3.8) is 0 Å². The van der Waals surface area contributed by atoms with Crippen molar-refractivity contribution in [2.24, 2.45) is 0 Å². The second-order valence-corrected chi connectivity index (χ2v) is 8.73. The van der Waals surface area contributed by atoms with Crippen LogP contribution in [0, 0.1) is 6.92 Å². The van der Waals surface area contributed by atoms with E-state index in [1.54, 1.807) is 16.2 Å². The van der Waals surface area contributed by atoms with Gasteiger partial charge in [-0.15, -0.1) is 11.3 Å². The number of carbonyl (C=O) groups is 2. The Bertz CT molecular complexity index is 791. The van der Waals surface area contributed by atoms with Gasteiger partial charge in [-0.25, -0.2) is 4.79 Å². The van der Waals surface area contributed by atoms with Gasteiger partial charge in [-0.3, -0.25) is 4.79 Å². The summed E-state index contributed by atoms with van der Waals surface area (Å²) in [5.41, 5.74) is 2.28. The van der Waals surface area contributed by atoms with Gasteiger partial charge in [-0.1, -0.05) is 50.6 Å². The molecule has 30 heavy (non-hydrogen) atoms. The van der Waals surface area contributed by atoms with Gasteiger partial charge in [0.2, 0.25) is 5.91 Å². The highest BCUT2D eigenvalue weighted by molar-refractivity contribution is 7.10. The molecule has 0 saturated heterocycles. The van der Waals surface area contributed by atoms with E-state index in [9.17, 15) is 9.59 Å². The van der Waals surface area contributed by atoms with Crippen LogP contribution in [0.1, 0.15) is 56.0 Å². The maximum atomic E-state index is 13.4. The lowest BCUT2D eigenvalue weighted by molar-refractivity contribution is -0.133. The van der Waals surface area contributed by atoms with Crippen LogP contribution in [0.25, 0.3) is 0 Å². The molecule has 0 saturated carbocycles. The minimum Gasteiger partial charge on any atom is -0.338 e. The third-order valence-corrected chi connectivity index (χ3v) is 6.38. The van der Waals surface area contributed by atoms with Gasteiger partial charge in [0.15, 0.2) is 0 Å². The van der Waals surface area contributed by atoms with Crippen molar-refractivity contribution in [2.45, 2.75) is 66.1 Å². The summed E-state index contributed by atoms with van der Waals surface area (Å²) in [4.78, 5) is 30.8. The average molecular weight is 430 g/mol. The molecular weight excluding hydrogens is 394 g/mol. The normalized spacial score (nSPS) is 11.7. The molecule has 0 radical (unpaired) electrons. The van der Waals surface area contributed by atoms with Crippen LogP contribution in [-0.4, -0.2) is 40.9 Å². The number of nitrogens with one attached hydrogen (secondary N) is 1. The molecule has 0 fully saturated rings. The van der Waals surface area contributed by atoms with E-state index in [0.29, 0.717) is 19.6 Å². The van der Waals surface area contributed by atoms with Crippen molar-refractivity contribution in [3.8, 4) is 0 Å². The first-order chi connectivity index (χ1) is 14.5. The smallest absolute Gasteiger partial charge is 0.318 e. The van der Waals surface area contributed by atoms with E-state index >= 15 is 0 Å². The molecule has 2 rings (SSSR count). The van der Waals surface area contributed by atoms with Crippen LogP contribution >= 0.6 is 11.3 Å². The highest BCUT2D eigenvalue weighted by Gasteiger charge is 2.25. The van der Waals surface area contributed by atoms with Crippen LogP contribution in [0.2, 0.25) is 0 Å². The topological polar surface area (TPSA) is 52.7 Å². The molecule has 0 aliphatic heterocycles. The highest BCUT2D eigenvalue weighted by Crippen LogP contribution is 2.20. The van der Waals surface area contributed by atoms with E-state index in [0.717, 1.165) is 24.8 Å². The van der Waals surface area contributed by atoms with Gasteiger partial charge in [0.1, 0.15) is 6.54 Å². The number of benzene rings is 1. The first kappa shape index (κ1) is 23.9. The van der Waals surface area contributed by atoms with Gasteiger partial charge < -0.3 is 15.1 Å². The molecule has 6 heteroatoms. The minimum atomic E-state index is -0.155. The van der Waals surface area contributed by atoms with Crippen molar-refractivity contribution in [3.05, 3.63) is 57.8 Å². The Labute approximate surface area is 185 Å². The zero-order valence-corrected chi connectivity index (χ0v) is 19.5. The molecule has 5 nitrogen and oxygen atoms in total. The maximum Gasteiger partial charge on any atom is 0.318 e. The van der Waals surface area contributed by atoms with Crippen LogP contribution in [-0.2, 0) is 17.9 Å². The summed E-state index contributed by atoms with van der Waals surface area (Å²) in [6.45, 7) is 10.0. The van der Waals surface area contributed by atoms with Gasteiger partial charge in [-0.05, 0) is 49.3 Å². The number of urea groups is 1. The fourth-order valence-corrected chi connectivity index (χ4v) is 4.06. The summed E-state index contributed by atoms with van der Waals surface area (Å²) in [5, 5.41) is 5.02. The Morgan fingerprint density at radius 1 is 1.10 bits per heavy atom. The number of aryl methyl sites for hydroxylation is 1. The van der Waals surface area contributed by atoms with Crippen molar-refractivity contribution in [2.75, 3.05) is 13.1 Å². The molecule has 1 aromatic heterocycles. The van der Waals surface area contributed by atoms with E-state index in [1.807, 2.05) is 49.1 Å². The molecule has 2 aromatic rings. The highest BCUT2D eigenvalue weighted by atomic mass is 32.1. The van der Waals surface area contributed by atoms with E-state index in [1.165, 1.54) is 10.4 Å². The first-order valence-corrected chi connectivity index (χ1v) is 11.7. The van der Waals surface area contributed by atoms with Crippen molar-refractivity contribution >= 4 is 23.3 Å². The third kappa shape index (κ3) is 7.17. The van der Waals surface area contributed by atoms with E-state index in [4.69, 9.17) is 0 Å². The van der Waals surface area contributed by atoms with Gasteiger partial charge in [-0.2, -0.15) is 0 Å². The lowest BCUT2D eigenvalue weighted by Crippen LogP contribution is -2.50.